The molecule has 24 heavy (non-hydrogen) atoms. The van der Waals surface area contributed by atoms with Gasteiger partial charge in [0.2, 0.25) is 5.95 Å². The summed E-state index contributed by atoms with van der Waals surface area (Å²) < 4.78 is 6.26. The van der Waals surface area contributed by atoms with E-state index in [2.05, 4.69) is 38.6 Å². The Hall–Kier alpha value is -1.50. The van der Waals surface area contributed by atoms with Gasteiger partial charge in [-0.25, -0.2) is 9.97 Å². The van der Waals surface area contributed by atoms with Gasteiger partial charge in [-0.3, -0.25) is 4.90 Å². The van der Waals surface area contributed by atoms with Crippen LogP contribution < -0.4 is 5.32 Å². The van der Waals surface area contributed by atoms with Gasteiger partial charge in [0.15, 0.2) is 0 Å². The van der Waals surface area contributed by atoms with Crippen LogP contribution in [0.15, 0.2) is 29.9 Å². The summed E-state index contributed by atoms with van der Waals surface area (Å²) >= 11 is 1.86. The monoisotopic (exact) mass is 344 g/mol. The van der Waals surface area contributed by atoms with Crippen LogP contribution in [0.25, 0.3) is 0 Å². The lowest BCUT2D eigenvalue weighted by atomic mass is 9.83. The number of likely N-dealkylation sites (tertiary alicyclic amines) is 1. The molecule has 128 valence electrons. The van der Waals surface area contributed by atoms with E-state index < -0.39 is 0 Å². The van der Waals surface area contributed by atoms with Gasteiger partial charge in [0.25, 0.3) is 0 Å². The Labute approximate surface area is 147 Å². The van der Waals surface area contributed by atoms with Crippen LogP contribution in [0.5, 0.6) is 0 Å². The quantitative estimate of drug-likeness (QED) is 0.904. The van der Waals surface area contributed by atoms with Crippen molar-refractivity contribution in [3.8, 4) is 0 Å². The molecule has 1 atom stereocenters. The van der Waals surface area contributed by atoms with Crippen LogP contribution >= 0.6 is 11.3 Å². The van der Waals surface area contributed by atoms with Crippen molar-refractivity contribution in [1.29, 1.82) is 0 Å². The summed E-state index contributed by atoms with van der Waals surface area (Å²) in [5.41, 5.74) is 1.53. The first-order valence-corrected chi connectivity index (χ1v) is 9.51. The van der Waals surface area contributed by atoms with Gasteiger partial charge < -0.3 is 10.1 Å². The van der Waals surface area contributed by atoms with Gasteiger partial charge in [0, 0.05) is 43.4 Å². The number of aryl methyl sites for hydroxylation is 1. The Kier molecular flexibility index (Phi) is 4.52. The minimum Gasteiger partial charge on any atom is -0.372 e. The number of hydrogen-bond donors (Lipinski definition) is 1. The van der Waals surface area contributed by atoms with Crippen molar-refractivity contribution in [2.24, 2.45) is 5.92 Å². The summed E-state index contributed by atoms with van der Waals surface area (Å²) in [5, 5.41) is 5.50. The van der Waals surface area contributed by atoms with Gasteiger partial charge in [-0.1, -0.05) is 0 Å². The molecule has 2 aromatic heterocycles. The van der Waals surface area contributed by atoms with E-state index in [1.54, 1.807) is 12.4 Å². The summed E-state index contributed by atoms with van der Waals surface area (Å²) in [6, 6.07) is 4.04. The van der Waals surface area contributed by atoms with Gasteiger partial charge in [0.1, 0.15) is 0 Å². The molecule has 2 saturated heterocycles. The highest BCUT2D eigenvalue weighted by Gasteiger charge is 2.46. The normalized spacial score (nSPS) is 23.1. The fraction of sp³-hybridized carbons (Fsp3) is 0.556. The maximum atomic E-state index is 6.26. The first-order valence-electron chi connectivity index (χ1n) is 8.63. The molecule has 2 aromatic rings. The van der Waals surface area contributed by atoms with Crippen molar-refractivity contribution >= 4 is 17.3 Å². The number of nitrogens with zero attached hydrogens (tertiary/aromatic N) is 3. The topological polar surface area (TPSA) is 50.3 Å². The SMILES string of the molecule is Cc1ccsc1CN1CC2(CCC(CNc3ncccn3)CO2)C1. The highest BCUT2D eigenvalue weighted by atomic mass is 32.1. The number of anilines is 1. The van der Waals surface area contributed by atoms with Crippen LogP contribution in [0.2, 0.25) is 0 Å². The standard InChI is InChI=1S/C18H24N4OS/c1-14-4-8-24-16(14)10-22-12-18(13-22)5-3-15(11-23-18)9-21-17-19-6-2-7-20-17/h2,4,6-8,15H,3,5,9-13H2,1H3,(H,19,20,21). The predicted molar refractivity (Wildman–Crippen MR) is 96.3 cm³/mol. The lowest BCUT2D eigenvalue weighted by Gasteiger charge is -2.53. The molecule has 0 aliphatic carbocycles. The second-order valence-electron chi connectivity index (χ2n) is 7.02. The van der Waals surface area contributed by atoms with Gasteiger partial charge >= 0.3 is 0 Å². The molecule has 1 spiro atoms. The number of hydrogen-bond acceptors (Lipinski definition) is 6. The molecule has 1 unspecified atom stereocenters. The highest BCUT2D eigenvalue weighted by Crippen LogP contribution is 2.37. The van der Waals surface area contributed by atoms with Crippen LogP contribution in [-0.4, -0.2) is 46.7 Å². The van der Waals surface area contributed by atoms with Crippen LogP contribution in [0.4, 0.5) is 5.95 Å². The van der Waals surface area contributed by atoms with Crippen molar-refractivity contribution in [2.45, 2.75) is 31.9 Å². The van der Waals surface area contributed by atoms with Crippen molar-refractivity contribution in [1.82, 2.24) is 14.9 Å². The van der Waals surface area contributed by atoms with Crippen LogP contribution in [-0.2, 0) is 11.3 Å². The number of nitrogens with one attached hydrogen (secondary N) is 1. The Morgan fingerprint density at radius 2 is 2.21 bits per heavy atom. The Morgan fingerprint density at radius 3 is 2.88 bits per heavy atom. The average Bonchev–Trinajstić information content (AvgIpc) is 2.99. The van der Waals surface area contributed by atoms with Crippen LogP contribution in [0.3, 0.4) is 0 Å². The molecule has 2 fully saturated rings. The van der Waals surface area contributed by atoms with Gasteiger partial charge in [-0.05, 0) is 48.8 Å². The lowest BCUT2D eigenvalue weighted by molar-refractivity contribution is -0.180. The van der Waals surface area contributed by atoms with Gasteiger partial charge in [-0.15, -0.1) is 11.3 Å². The second-order valence-corrected chi connectivity index (χ2v) is 8.02. The molecule has 0 saturated carbocycles. The first-order chi connectivity index (χ1) is 11.7. The van der Waals surface area contributed by atoms with E-state index in [4.69, 9.17) is 4.74 Å². The minimum atomic E-state index is 0.116. The fourth-order valence-electron chi connectivity index (χ4n) is 3.60. The zero-order valence-corrected chi connectivity index (χ0v) is 14.9. The molecule has 1 N–H and O–H groups in total. The third-order valence-corrected chi connectivity index (χ3v) is 6.11. The van der Waals surface area contributed by atoms with Crippen molar-refractivity contribution in [3.05, 3.63) is 40.3 Å². The third-order valence-electron chi connectivity index (χ3n) is 5.11. The Balaban J connectivity index is 1.20. The van der Waals surface area contributed by atoms with Gasteiger partial charge in [0.05, 0.1) is 12.2 Å². The lowest BCUT2D eigenvalue weighted by Crippen LogP contribution is -2.64. The highest BCUT2D eigenvalue weighted by molar-refractivity contribution is 7.10. The van der Waals surface area contributed by atoms with E-state index >= 15 is 0 Å². The molecule has 4 heterocycles. The zero-order valence-electron chi connectivity index (χ0n) is 14.1. The Morgan fingerprint density at radius 1 is 1.38 bits per heavy atom. The Bertz CT molecular complexity index is 659. The van der Waals surface area contributed by atoms with Crippen LogP contribution in [0, 0.1) is 12.8 Å². The summed E-state index contributed by atoms with van der Waals surface area (Å²) in [7, 11) is 0. The van der Waals surface area contributed by atoms with E-state index in [0.717, 1.165) is 39.2 Å². The smallest absolute Gasteiger partial charge is 0.222 e. The molecule has 2 aliphatic rings. The number of ether oxygens (including phenoxy) is 1. The molecular weight excluding hydrogens is 320 g/mol. The molecule has 0 bridgehead atoms. The summed E-state index contributed by atoms with van der Waals surface area (Å²) in [6.45, 7) is 7.15. The zero-order chi connectivity index (χ0) is 16.4. The average molecular weight is 344 g/mol. The molecule has 4 rings (SSSR count). The predicted octanol–water partition coefficient (Wildman–Crippen LogP) is 2.94. The van der Waals surface area contributed by atoms with Gasteiger partial charge in [-0.2, -0.15) is 0 Å². The minimum absolute atomic E-state index is 0.116. The maximum absolute atomic E-state index is 6.26. The van der Waals surface area contributed by atoms with E-state index in [0.29, 0.717) is 11.9 Å². The maximum Gasteiger partial charge on any atom is 0.222 e. The van der Waals surface area contributed by atoms with Crippen LogP contribution in [0.1, 0.15) is 23.3 Å². The largest absolute Gasteiger partial charge is 0.372 e. The molecular formula is C18H24N4OS. The number of thiophene rings is 1. The van der Waals surface area contributed by atoms with E-state index in [9.17, 15) is 0 Å². The summed E-state index contributed by atoms with van der Waals surface area (Å²) in [5.74, 6) is 1.26. The third kappa shape index (κ3) is 3.45. The van der Waals surface area contributed by atoms with E-state index in [1.807, 2.05) is 17.4 Å². The molecule has 0 radical (unpaired) electrons. The molecule has 6 heteroatoms. The van der Waals surface area contributed by atoms with E-state index in [-0.39, 0.29) is 5.60 Å². The second kappa shape index (κ2) is 6.78. The number of aromatic nitrogens is 2. The fourth-order valence-corrected chi connectivity index (χ4v) is 4.55. The summed E-state index contributed by atoms with van der Waals surface area (Å²) in [6.07, 6.45) is 5.90. The molecule has 0 aromatic carbocycles. The number of rotatable bonds is 5. The van der Waals surface area contributed by atoms with Crippen molar-refractivity contribution in [2.75, 3.05) is 31.6 Å². The first kappa shape index (κ1) is 16.0. The van der Waals surface area contributed by atoms with E-state index in [1.165, 1.54) is 16.9 Å². The molecule has 2 aliphatic heterocycles. The molecule has 0 amide bonds. The van der Waals surface area contributed by atoms with Crippen molar-refractivity contribution < 1.29 is 4.74 Å². The summed E-state index contributed by atoms with van der Waals surface area (Å²) in [4.78, 5) is 12.4. The van der Waals surface area contributed by atoms with Crippen molar-refractivity contribution in [3.63, 3.8) is 0 Å². The molecule has 5 nitrogen and oxygen atoms in total.